The van der Waals surface area contributed by atoms with E-state index in [9.17, 15) is 4.39 Å². The van der Waals surface area contributed by atoms with Gasteiger partial charge in [0.2, 0.25) is 5.95 Å². The monoisotopic (exact) mass is 381 g/mol. The van der Waals surface area contributed by atoms with Gasteiger partial charge in [0, 0.05) is 17.3 Å². The fraction of sp³-hybridized carbons (Fsp3) is 0. The summed E-state index contributed by atoms with van der Waals surface area (Å²) in [4.78, 5) is 9.04. The summed E-state index contributed by atoms with van der Waals surface area (Å²) in [6, 6.07) is 27.0. The average molecular weight is 381 g/mol. The molecule has 3 aromatic carbocycles. The van der Waals surface area contributed by atoms with Gasteiger partial charge in [0.1, 0.15) is 11.6 Å². The molecule has 0 atom stereocenters. The third-order valence-electron chi connectivity index (χ3n) is 4.18. The molecule has 0 amide bonds. The zero-order valence-electron chi connectivity index (χ0n) is 15.3. The molecule has 0 unspecified atom stereocenters. The molecular formula is C23H16FN5. The lowest BCUT2D eigenvalue weighted by Crippen LogP contribution is -2.03. The number of anilines is 4. The second kappa shape index (κ2) is 8.19. The van der Waals surface area contributed by atoms with E-state index in [1.165, 1.54) is 6.07 Å². The summed E-state index contributed by atoms with van der Waals surface area (Å²) in [5.41, 5.74) is 3.12. The van der Waals surface area contributed by atoms with E-state index < -0.39 is 0 Å². The summed E-state index contributed by atoms with van der Waals surface area (Å²) in [6.07, 6.45) is 0. The molecule has 0 saturated carbocycles. The minimum Gasteiger partial charge on any atom is -0.338 e. The lowest BCUT2D eigenvalue weighted by molar-refractivity contribution is 0.632. The summed E-state index contributed by atoms with van der Waals surface area (Å²) in [5.74, 6) is 0.409. The maximum absolute atomic E-state index is 14.1. The Balaban J connectivity index is 1.73. The second-order valence-electron chi connectivity index (χ2n) is 6.25. The highest BCUT2D eigenvalue weighted by Gasteiger charge is 2.09. The van der Waals surface area contributed by atoms with Gasteiger partial charge in [-0.25, -0.2) is 9.37 Å². The number of hydrogen-bond acceptors (Lipinski definition) is 5. The smallest absolute Gasteiger partial charge is 0.229 e. The molecule has 0 spiro atoms. The van der Waals surface area contributed by atoms with Gasteiger partial charge in [0.05, 0.1) is 23.0 Å². The number of halogens is 1. The van der Waals surface area contributed by atoms with Crippen molar-refractivity contribution in [3.63, 3.8) is 0 Å². The molecule has 0 saturated heterocycles. The second-order valence-corrected chi connectivity index (χ2v) is 6.25. The van der Waals surface area contributed by atoms with Crippen molar-refractivity contribution in [2.75, 3.05) is 10.6 Å². The summed E-state index contributed by atoms with van der Waals surface area (Å²) >= 11 is 0. The fourth-order valence-corrected chi connectivity index (χ4v) is 2.82. The third kappa shape index (κ3) is 4.37. The molecule has 29 heavy (non-hydrogen) atoms. The molecular weight excluding hydrogens is 365 g/mol. The Morgan fingerprint density at radius 2 is 1.59 bits per heavy atom. The van der Waals surface area contributed by atoms with Crippen LogP contribution in [0.25, 0.3) is 11.3 Å². The molecule has 0 fully saturated rings. The lowest BCUT2D eigenvalue weighted by atomic mass is 10.1. The summed E-state index contributed by atoms with van der Waals surface area (Å²) < 4.78 is 14.1. The van der Waals surface area contributed by atoms with E-state index in [1.807, 2.05) is 36.4 Å². The fourth-order valence-electron chi connectivity index (χ4n) is 2.82. The quantitative estimate of drug-likeness (QED) is 0.468. The van der Waals surface area contributed by atoms with Gasteiger partial charge >= 0.3 is 0 Å². The van der Waals surface area contributed by atoms with Crippen LogP contribution in [0.3, 0.4) is 0 Å². The molecule has 0 aliphatic heterocycles. The van der Waals surface area contributed by atoms with E-state index >= 15 is 0 Å². The van der Waals surface area contributed by atoms with Crippen LogP contribution in [-0.4, -0.2) is 9.97 Å². The molecule has 6 heteroatoms. The van der Waals surface area contributed by atoms with Crippen LogP contribution in [-0.2, 0) is 0 Å². The van der Waals surface area contributed by atoms with Gasteiger partial charge in [-0.1, -0.05) is 48.5 Å². The van der Waals surface area contributed by atoms with Crippen molar-refractivity contribution < 1.29 is 4.39 Å². The first-order valence-electron chi connectivity index (χ1n) is 8.94. The minimum atomic E-state index is -0.372. The Hall–Kier alpha value is -4.24. The van der Waals surface area contributed by atoms with E-state index in [2.05, 4.69) is 26.7 Å². The van der Waals surface area contributed by atoms with Crippen molar-refractivity contribution in [2.45, 2.75) is 0 Å². The number of para-hydroxylation sites is 1. The van der Waals surface area contributed by atoms with Crippen LogP contribution in [0.1, 0.15) is 5.56 Å². The first-order valence-corrected chi connectivity index (χ1v) is 8.94. The summed E-state index contributed by atoms with van der Waals surface area (Å²) in [5, 5.41) is 15.2. The van der Waals surface area contributed by atoms with Gasteiger partial charge in [-0.2, -0.15) is 10.2 Å². The van der Waals surface area contributed by atoms with Crippen molar-refractivity contribution in [1.29, 1.82) is 5.26 Å². The van der Waals surface area contributed by atoms with Gasteiger partial charge in [0.15, 0.2) is 0 Å². The Morgan fingerprint density at radius 3 is 2.38 bits per heavy atom. The zero-order valence-corrected chi connectivity index (χ0v) is 15.3. The van der Waals surface area contributed by atoms with Crippen molar-refractivity contribution >= 4 is 23.1 Å². The molecule has 1 heterocycles. The first kappa shape index (κ1) is 18.1. The maximum atomic E-state index is 14.1. The van der Waals surface area contributed by atoms with Crippen LogP contribution in [0, 0.1) is 17.1 Å². The van der Waals surface area contributed by atoms with Crippen molar-refractivity contribution in [2.24, 2.45) is 0 Å². The topological polar surface area (TPSA) is 73.6 Å². The van der Waals surface area contributed by atoms with Crippen LogP contribution in [0.5, 0.6) is 0 Å². The zero-order chi connectivity index (χ0) is 20.1. The van der Waals surface area contributed by atoms with E-state index in [0.29, 0.717) is 34.4 Å². The Morgan fingerprint density at radius 1 is 0.793 bits per heavy atom. The molecule has 0 bridgehead atoms. The number of nitriles is 1. The van der Waals surface area contributed by atoms with Crippen LogP contribution in [0.15, 0.2) is 84.9 Å². The summed E-state index contributed by atoms with van der Waals surface area (Å²) in [6.45, 7) is 0. The van der Waals surface area contributed by atoms with Gasteiger partial charge in [-0.05, 0) is 30.3 Å². The number of nitrogens with zero attached hydrogens (tertiary/aromatic N) is 3. The maximum Gasteiger partial charge on any atom is 0.229 e. The average Bonchev–Trinajstić information content (AvgIpc) is 2.76. The predicted molar refractivity (Wildman–Crippen MR) is 112 cm³/mol. The minimum absolute atomic E-state index is 0.322. The Labute approximate surface area is 167 Å². The molecule has 0 radical (unpaired) electrons. The van der Waals surface area contributed by atoms with Gasteiger partial charge in [-0.3, -0.25) is 0 Å². The highest BCUT2D eigenvalue weighted by atomic mass is 19.1. The molecule has 5 nitrogen and oxygen atoms in total. The SMILES string of the molecule is N#Cc1cccc(Nc2nc(Nc3ccccc3F)cc(-c3ccccc3)n2)c1. The predicted octanol–water partition coefficient (Wildman–Crippen LogP) is 5.64. The number of rotatable bonds is 5. The van der Waals surface area contributed by atoms with E-state index in [0.717, 1.165) is 5.56 Å². The number of nitrogens with one attached hydrogen (secondary N) is 2. The molecule has 2 N–H and O–H groups in total. The van der Waals surface area contributed by atoms with Crippen LogP contribution in [0.2, 0.25) is 0 Å². The number of benzene rings is 3. The first-order chi connectivity index (χ1) is 14.2. The highest BCUT2D eigenvalue weighted by molar-refractivity contribution is 5.69. The molecule has 1 aromatic heterocycles. The normalized spacial score (nSPS) is 10.2. The largest absolute Gasteiger partial charge is 0.338 e. The van der Waals surface area contributed by atoms with Crippen molar-refractivity contribution in [1.82, 2.24) is 9.97 Å². The van der Waals surface area contributed by atoms with E-state index in [-0.39, 0.29) is 5.82 Å². The number of aromatic nitrogens is 2. The highest BCUT2D eigenvalue weighted by Crippen LogP contribution is 2.26. The van der Waals surface area contributed by atoms with Crippen LogP contribution >= 0.6 is 0 Å². The molecule has 4 rings (SSSR count). The van der Waals surface area contributed by atoms with Crippen molar-refractivity contribution in [3.05, 3.63) is 96.3 Å². The van der Waals surface area contributed by atoms with E-state index in [1.54, 1.807) is 42.5 Å². The standard InChI is InChI=1S/C23H16FN5/c24-19-11-4-5-12-20(19)27-22-14-21(17-8-2-1-3-9-17)28-23(29-22)26-18-10-6-7-16(13-18)15-25/h1-14H,(H2,26,27,28,29). The Bertz CT molecular complexity index is 1190. The summed E-state index contributed by atoms with van der Waals surface area (Å²) in [7, 11) is 0. The third-order valence-corrected chi connectivity index (χ3v) is 4.18. The molecule has 0 aliphatic carbocycles. The van der Waals surface area contributed by atoms with Gasteiger partial charge in [0.25, 0.3) is 0 Å². The van der Waals surface area contributed by atoms with Crippen molar-refractivity contribution in [3.8, 4) is 17.3 Å². The van der Waals surface area contributed by atoms with Gasteiger partial charge in [-0.15, -0.1) is 0 Å². The van der Waals surface area contributed by atoms with Crippen LogP contribution in [0.4, 0.5) is 27.5 Å². The van der Waals surface area contributed by atoms with Gasteiger partial charge < -0.3 is 10.6 Å². The molecule has 140 valence electrons. The molecule has 4 aromatic rings. The molecule has 0 aliphatic rings. The van der Waals surface area contributed by atoms with E-state index in [4.69, 9.17) is 5.26 Å². The number of hydrogen-bond donors (Lipinski definition) is 2. The van der Waals surface area contributed by atoms with Crippen LogP contribution < -0.4 is 10.6 Å². The lowest BCUT2D eigenvalue weighted by Gasteiger charge is -2.12. The Kier molecular flexibility index (Phi) is 5.12.